The zero-order chi connectivity index (χ0) is 10.4. The maximum absolute atomic E-state index is 3.84. The zero-order valence-corrected chi connectivity index (χ0v) is 10.4. The molecule has 0 N–H and O–H groups in total. The Balaban J connectivity index is 5.00. The van der Waals surface area contributed by atoms with Crippen LogP contribution in [0.4, 0.5) is 0 Å². The first kappa shape index (κ1) is 12.4. The predicted octanol–water partition coefficient (Wildman–Crippen LogP) is 4.75. The van der Waals surface area contributed by atoms with Crippen LogP contribution < -0.4 is 0 Å². The molecule has 0 rings (SSSR count). The minimum atomic E-state index is 1.05. The lowest BCUT2D eigenvalue weighted by Gasteiger charge is -2.03. The number of allylic oxidation sites excluding steroid dienone is 7. The van der Waals surface area contributed by atoms with E-state index in [1.54, 1.807) is 0 Å². The molecule has 0 radical (unpaired) electrons. The van der Waals surface area contributed by atoms with Crippen LogP contribution >= 0.6 is 15.9 Å². The van der Waals surface area contributed by atoms with Crippen molar-refractivity contribution in [3.05, 3.63) is 46.0 Å². The van der Waals surface area contributed by atoms with E-state index in [1.165, 1.54) is 11.1 Å². The van der Waals surface area contributed by atoms with Gasteiger partial charge in [0.15, 0.2) is 0 Å². The fourth-order valence-electron chi connectivity index (χ4n) is 0.946. The molecule has 0 fully saturated rings. The molecular formula is C12H17Br. The monoisotopic (exact) mass is 240 g/mol. The van der Waals surface area contributed by atoms with Crippen molar-refractivity contribution in [2.75, 3.05) is 0 Å². The Morgan fingerprint density at radius 3 is 2.08 bits per heavy atom. The van der Waals surface area contributed by atoms with Crippen LogP contribution in [0.3, 0.4) is 0 Å². The van der Waals surface area contributed by atoms with Crippen molar-refractivity contribution < 1.29 is 0 Å². The van der Waals surface area contributed by atoms with Crippen LogP contribution in [0, 0.1) is 0 Å². The van der Waals surface area contributed by atoms with Crippen molar-refractivity contribution >= 4 is 15.9 Å². The maximum Gasteiger partial charge on any atom is 0.0249 e. The SMILES string of the molecule is C=C(C)/C=C(/Br)C(/C=C\C)=C(C)C. The van der Waals surface area contributed by atoms with Gasteiger partial charge in [0, 0.05) is 4.48 Å². The van der Waals surface area contributed by atoms with Crippen molar-refractivity contribution in [3.8, 4) is 0 Å². The topological polar surface area (TPSA) is 0 Å². The molecule has 0 heterocycles. The third kappa shape index (κ3) is 4.89. The van der Waals surface area contributed by atoms with E-state index in [1.807, 2.05) is 26.0 Å². The Morgan fingerprint density at radius 2 is 1.77 bits per heavy atom. The molecule has 0 aromatic rings. The fraction of sp³-hybridized carbons (Fsp3) is 0.333. The molecule has 0 bridgehead atoms. The Kier molecular flexibility index (Phi) is 5.72. The second-order valence-corrected chi connectivity index (χ2v) is 4.11. The van der Waals surface area contributed by atoms with Crippen LogP contribution in [0.5, 0.6) is 0 Å². The van der Waals surface area contributed by atoms with Gasteiger partial charge >= 0.3 is 0 Å². The van der Waals surface area contributed by atoms with E-state index in [0.717, 1.165) is 10.1 Å². The molecule has 0 saturated carbocycles. The second-order valence-electron chi connectivity index (χ2n) is 3.25. The predicted molar refractivity (Wildman–Crippen MR) is 65.0 cm³/mol. The van der Waals surface area contributed by atoms with Crippen molar-refractivity contribution in [1.82, 2.24) is 0 Å². The largest absolute Gasteiger partial charge is 0.0961 e. The normalized spacial score (nSPS) is 11.9. The van der Waals surface area contributed by atoms with E-state index in [9.17, 15) is 0 Å². The van der Waals surface area contributed by atoms with Gasteiger partial charge in [-0.2, -0.15) is 0 Å². The first-order valence-electron chi connectivity index (χ1n) is 4.32. The molecule has 0 spiro atoms. The summed E-state index contributed by atoms with van der Waals surface area (Å²) >= 11 is 3.54. The van der Waals surface area contributed by atoms with Crippen molar-refractivity contribution in [3.63, 3.8) is 0 Å². The van der Waals surface area contributed by atoms with E-state index < -0.39 is 0 Å². The summed E-state index contributed by atoms with van der Waals surface area (Å²) in [7, 11) is 0. The van der Waals surface area contributed by atoms with Crippen molar-refractivity contribution in [1.29, 1.82) is 0 Å². The molecule has 0 atom stereocenters. The number of hydrogen-bond donors (Lipinski definition) is 0. The highest BCUT2D eigenvalue weighted by Gasteiger charge is 1.99. The fourth-order valence-corrected chi connectivity index (χ4v) is 1.87. The average molecular weight is 241 g/mol. The van der Waals surface area contributed by atoms with Gasteiger partial charge in [0.25, 0.3) is 0 Å². The van der Waals surface area contributed by atoms with Crippen molar-refractivity contribution in [2.24, 2.45) is 0 Å². The van der Waals surface area contributed by atoms with E-state index in [4.69, 9.17) is 0 Å². The molecule has 0 saturated heterocycles. The smallest absolute Gasteiger partial charge is 0.0249 e. The van der Waals surface area contributed by atoms with Gasteiger partial charge in [0.1, 0.15) is 0 Å². The van der Waals surface area contributed by atoms with Crippen LogP contribution in [-0.2, 0) is 0 Å². The quantitative estimate of drug-likeness (QED) is 0.625. The molecule has 0 aliphatic heterocycles. The van der Waals surface area contributed by atoms with Gasteiger partial charge < -0.3 is 0 Å². The first-order valence-corrected chi connectivity index (χ1v) is 5.11. The minimum Gasteiger partial charge on any atom is -0.0961 e. The van der Waals surface area contributed by atoms with Gasteiger partial charge in [-0.1, -0.05) is 45.8 Å². The molecule has 72 valence electrons. The Morgan fingerprint density at radius 1 is 1.23 bits per heavy atom. The summed E-state index contributed by atoms with van der Waals surface area (Å²) in [4.78, 5) is 0. The number of hydrogen-bond acceptors (Lipinski definition) is 0. The summed E-state index contributed by atoms with van der Waals surface area (Å²) in [5, 5.41) is 0. The van der Waals surface area contributed by atoms with Gasteiger partial charge in [-0.05, 0) is 39.3 Å². The van der Waals surface area contributed by atoms with E-state index in [0.29, 0.717) is 0 Å². The lowest BCUT2D eigenvalue weighted by molar-refractivity contribution is 1.33. The van der Waals surface area contributed by atoms with Crippen LogP contribution in [-0.4, -0.2) is 0 Å². The van der Waals surface area contributed by atoms with E-state index in [-0.39, 0.29) is 0 Å². The molecule has 0 amide bonds. The summed E-state index contributed by atoms with van der Waals surface area (Å²) in [6.07, 6.45) is 6.16. The molecule has 0 unspecified atom stereocenters. The summed E-state index contributed by atoms with van der Waals surface area (Å²) in [6.45, 7) is 12.0. The second kappa shape index (κ2) is 5.98. The lowest BCUT2D eigenvalue weighted by Crippen LogP contribution is -1.82. The summed E-state index contributed by atoms with van der Waals surface area (Å²) in [6, 6.07) is 0. The third-order valence-electron chi connectivity index (χ3n) is 1.50. The zero-order valence-electron chi connectivity index (χ0n) is 8.82. The Labute approximate surface area is 89.9 Å². The molecule has 13 heavy (non-hydrogen) atoms. The first-order chi connectivity index (χ1) is 5.99. The summed E-state index contributed by atoms with van der Waals surface area (Å²) in [5.41, 5.74) is 3.57. The third-order valence-corrected chi connectivity index (χ3v) is 2.16. The van der Waals surface area contributed by atoms with Gasteiger partial charge in [-0.15, -0.1) is 0 Å². The van der Waals surface area contributed by atoms with Gasteiger partial charge in [-0.3, -0.25) is 0 Å². The molecule has 0 aliphatic rings. The molecule has 1 heteroatoms. The number of halogens is 1. The summed E-state index contributed by atoms with van der Waals surface area (Å²) < 4.78 is 1.10. The van der Waals surface area contributed by atoms with Crippen molar-refractivity contribution in [2.45, 2.75) is 27.7 Å². The van der Waals surface area contributed by atoms with Crippen LogP contribution in [0.2, 0.25) is 0 Å². The Bertz CT molecular complexity index is 273. The van der Waals surface area contributed by atoms with E-state index in [2.05, 4.69) is 42.4 Å². The minimum absolute atomic E-state index is 1.05. The standard InChI is InChI=1S/C12H17Br/c1-6-7-11(10(4)5)12(13)8-9(2)3/h6-8H,2H2,1,3-5H3/b7-6-,12-8+. The van der Waals surface area contributed by atoms with Crippen LogP contribution in [0.25, 0.3) is 0 Å². The highest BCUT2D eigenvalue weighted by molar-refractivity contribution is 9.12. The number of rotatable bonds is 3. The van der Waals surface area contributed by atoms with Crippen LogP contribution in [0.15, 0.2) is 46.0 Å². The Hall–Kier alpha value is -0.560. The lowest BCUT2D eigenvalue weighted by atomic mass is 10.1. The molecular weight excluding hydrogens is 224 g/mol. The van der Waals surface area contributed by atoms with Crippen LogP contribution in [0.1, 0.15) is 27.7 Å². The van der Waals surface area contributed by atoms with Gasteiger partial charge in [0.2, 0.25) is 0 Å². The average Bonchev–Trinajstić information content (AvgIpc) is 1.97. The molecule has 0 aromatic heterocycles. The molecule has 0 nitrogen and oxygen atoms in total. The highest BCUT2D eigenvalue weighted by Crippen LogP contribution is 2.23. The maximum atomic E-state index is 3.84. The van der Waals surface area contributed by atoms with E-state index >= 15 is 0 Å². The van der Waals surface area contributed by atoms with Gasteiger partial charge in [0.05, 0.1) is 0 Å². The van der Waals surface area contributed by atoms with Gasteiger partial charge in [-0.25, -0.2) is 0 Å². The molecule has 0 aliphatic carbocycles. The summed E-state index contributed by atoms with van der Waals surface area (Å²) in [5.74, 6) is 0. The molecule has 0 aromatic carbocycles. The highest BCUT2D eigenvalue weighted by atomic mass is 79.9.